The zero-order valence-electron chi connectivity index (χ0n) is 9.98. The minimum atomic E-state index is -1.10. The fraction of sp³-hybridized carbons (Fsp3) is 0.0833. The molecule has 0 amide bonds. The fourth-order valence-electron chi connectivity index (χ4n) is 1.81. The maximum absolute atomic E-state index is 11.1. The minimum Gasteiger partial charge on any atom is -0.477 e. The number of carbonyl (C=O) groups is 1. The number of carboxylic acid groups (broad SMARTS) is 1. The summed E-state index contributed by atoms with van der Waals surface area (Å²) in [5.74, 6) is -0.298. The van der Waals surface area contributed by atoms with Gasteiger partial charge >= 0.3 is 5.97 Å². The van der Waals surface area contributed by atoms with Gasteiger partial charge in [0.25, 0.3) is 5.78 Å². The van der Waals surface area contributed by atoms with Gasteiger partial charge in [-0.3, -0.25) is 4.98 Å². The summed E-state index contributed by atoms with van der Waals surface area (Å²) in [6.45, 7) is 1.73. The first kappa shape index (κ1) is 11.3. The minimum absolute atomic E-state index is 0.0632. The molecule has 0 fully saturated rings. The van der Waals surface area contributed by atoms with Crippen molar-refractivity contribution in [1.82, 2.24) is 24.6 Å². The van der Waals surface area contributed by atoms with Crippen LogP contribution in [0.5, 0.6) is 0 Å². The van der Waals surface area contributed by atoms with E-state index in [2.05, 4.69) is 20.1 Å². The number of aromatic carboxylic acids is 1. The summed E-state index contributed by atoms with van der Waals surface area (Å²) in [7, 11) is 0. The van der Waals surface area contributed by atoms with E-state index in [1.54, 1.807) is 31.5 Å². The normalized spacial score (nSPS) is 10.8. The number of aryl methyl sites for hydroxylation is 1. The molecule has 7 heteroatoms. The topological polar surface area (TPSA) is 93.3 Å². The molecule has 0 aliphatic heterocycles. The lowest BCUT2D eigenvalue weighted by Gasteiger charge is -2.04. The predicted octanol–water partition coefficient (Wildman–Crippen LogP) is 1.19. The van der Waals surface area contributed by atoms with Crippen LogP contribution < -0.4 is 0 Å². The lowest BCUT2D eigenvalue weighted by atomic mass is 10.2. The van der Waals surface area contributed by atoms with Gasteiger partial charge in [-0.15, -0.1) is 5.10 Å². The predicted molar refractivity (Wildman–Crippen MR) is 65.7 cm³/mol. The summed E-state index contributed by atoms with van der Waals surface area (Å²) < 4.78 is 1.52. The fourth-order valence-corrected chi connectivity index (χ4v) is 1.81. The van der Waals surface area contributed by atoms with Crippen LogP contribution in [-0.4, -0.2) is 35.6 Å². The van der Waals surface area contributed by atoms with Gasteiger partial charge in [0.15, 0.2) is 5.69 Å². The van der Waals surface area contributed by atoms with Crippen LogP contribution in [0.25, 0.3) is 17.0 Å². The van der Waals surface area contributed by atoms with E-state index < -0.39 is 5.97 Å². The molecule has 0 atom stereocenters. The van der Waals surface area contributed by atoms with Gasteiger partial charge in [0.2, 0.25) is 0 Å². The van der Waals surface area contributed by atoms with Gasteiger partial charge in [-0.2, -0.15) is 9.50 Å². The van der Waals surface area contributed by atoms with Crippen molar-refractivity contribution in [3.05, 3.63) is 42.1 Å². The van der Waals surface area contributed by atoms with Crippen molar-refractivity contribution in [3.8, 4) is 11.3 Å². The van der Waals surface area contributed by atoms with E-state index in [-0.39, 0.29) is 11.5 Å². The molecule has 0 unspecified atom stereocenters. The van der Waals surface area contributed by atoms with Crippen LogP contribution in [0, 0.1) is 6.92 Å². The highest BCUT2D eigenvalue weighted by Crippen LogP contribution is 2.19. The molecule has 3 rings (SSSR count). The van der Waals surface area contributed by atoms with E-state index in [1.165, 1.54) is 10.6 Å². The van der Waals surface area contributed by atoms with Crippen LogP contribution >= 0.6 is 0 Å². The number of aromatic nitrogens is 5. The highest BCUT2D eigenvalue weighted by molar-refractivity contribution is 5.87. The van der Waals surface area contributed by atoms with Crippen LogP contribution in [0.3, 0.4) is 0 Å². The second kappa shape index (κ2) is 4.13. The average Bonchev–Trinajstić information content (AvgIpc) is 2.78. The quantitative estimate of drug-likeness (QED) is 0.739. The van der Waals surface area contributed by atoms with Crippen LogP contribution in [-0.2, 0) is 0 Å². The summed E-state index contributed by atoms with van der Waals surface area (Å²) in [4.78, 5) is 23.1. The van der Waals surface area contributed by atoms with Crippen molar-refractivity contribution in [2.24, 2.45) is 0 Å². The molecule has 0 saturated carbocycles. The molecule has 0 bridgehead atoms. The van der Waals surface area contributed by atoms with Gasteiger partial charge in [0.1, 0.15) is 5.82 Å². The van der Waals surface area contributed by atoms with Crippen LogP contribution in [0.4, 0.5) is 0 Å². The van der Waals surface area contributed by atoms with Crippen molar-refractivity contribution < 1.29 is 9.90 Å². The maximum atomic E-state index is 11.1. The molecule has 94 valence electrons. The Bertz CT molecular complexity index is 766. The first-order valence-corrected chi connectivity index (χ1v) is 5.53. The number of rotatable bonds is 2. The summed E-state index contributed by atoms with van der Waals surface area (Å²) >= 11 is 0. The van der Waals surface area contributed by atoms with E-state index in [0.29, 0.717) is 11.5 Å². The first-order valence-electron chi connectivity index (χ1n) is 5.53. The average molecular weight is 255 g/mol. The van der Waals surface area contributed by atoms with Crippen molar-refractivity contribution in [3.63, 3.8) is 0 Å². The van der Waals surface area contributed by atoms with Gasteiger partial charge in [0.05, 0.1) is 5.69 Å². The Balaban J connectivity index is 2.35. The van der Waals surface area contributed by atoms with Gasteiger partial charge < -0.3 is 5.11 Å². The Morgan fingerprint density at radius 1 is 1.26 bits per heavy atom. The molecule has 3 heterocycles. The Kier molecular flexibility index (Phi) is 2.45. The van der Waals surface area contributed by atoms with E-state index in [9.17, 15) is 4.79 Å². The Hall–Kier alpha value is -2.83. The summed E-state index contributed by atoms with van der Waals surface area (Å²) in [5.41, 5.74) is 1.35. The van der Waals surface area contributed by atoms with Crippen molar-refractivity contribution in [1.29, 1.82) is 0 Å². The lowest BCUT2D eigenvalue weighted by molar-refractivity contribution is 0.0690. The third-order valence-corrected chi connectivity index (χ3v) is 2.61. The van der Waals surface area contributed by atoms with E-state index in [1.807, 2.05) is 0 Å². The number of hydrogen-bond acceptors (Lipinski definition) is 5. The second-order valence-corrected chi connectivity index (χ2v) is 3.94. The zero-order chi connectivity index (χ0) is 13.4. The van der Waals surface area contributed by atoms with E-state index in [4.69, 9.17) is 5.11 Å². The molecule has 3 aromatic heterocycles. The third-order valence-electron chi connectivity index (χ3n) is 2.61. The monoisotopic (exact) mass is 255 g/mol. The molecule has 3 aromatic rings. The lowest BCUT2D eigenvalue weighted by Crippen LogP contribution is -2.05. The number of hydrogen-bond donors (Lipinski definition) is 1. The molecule has 7 nitrogen and oxygen atoms in total. The van der Waals surface area contributed by atoms with E-state index >= 15 is 0 Å². The van der Waals surface area contributed by atoms with Gasteiger partial charge in [-0.25, -0.2) is 9.78 Å². The molecule has 0 spiro atoms. The smallest absolute Gasteiger partial charge is 0.354 e. The van der Waals surface area contributed by atoms with Gasteiger partial charge in [0, 0.05) is 18.0 Å². The second-order valence-electron chi connectivity index (χ2n) is 3.94. The van der Waals surface area contributed by atoms with Crippen molar-refractivity contribution >= 4 is 11.7 Å². The molecule has 19 heavy (non-hydrogen) atoms. The Labute approximate surface area is 107 Å². The number of pyridine rings is 1. The highest BCUT2D eigenvalue weighted by Gasteiger charge is 2.14. The third kappa shape index (κ3) is 1.90. The maximum Gasteiger partial charge on any atom is 0.354 e. The standard InChI is InChI=1S/C12H9N5O2/c1-7-14-12-15-9(11(18)19)6-10(17(12)16-7)8-2-4-13-5-3-8/h2-6H,1H3,(H,18,19). The van der Waals surface area contributed by atoms with E-state index in [0.717, 1.165) is 5.56 Å². The van der Waals surface area contributed by atoms with Gasteiger partial charge in [-0.05, 0) is 25.1 Å². The number of nitrogens with zero attached hydrogens (tertiary/aromatic N) is 5. The molecular weight excluding hydrogens is 246 g/mol. The zero-order valence-corrected chi connectivity index (χ0v) is 9.98. The van der Waals surface area contributed by atoms with Crippen molar-refractivity contribution in [2.75, 3.05) is 0 Å². The Morgan fingerprint density at radius 2 is 2.00 bits per heavy atom. The molecule has 0 aliphatic rings. The van der Waals surface area contributed by atoms with Crippen LogP contribution in [0.2, 0.25) is 0 Å². The Morgan fingerprint density at radius 3 is 2.68 bits per heavy atom. The number of carboxylic acids is 1. The molecular formula is C12H9N5O2. The molecule has 0 aromatic carbocycles. The van der Waals surface area contributed by atoms with Crippen LogP contribution in [0.15, 0.2) is 30.6 Å². The largest absolute Gasteiger partial charge is 0.477 e. The molecule has 0 saturated heterocycles. The van der Waals surface area contributed by atoms with Crippen molar-refractivity contribution in [2.45, 2.75) is 6.92 Å². The SMILES string of the molecule is Cc1nc2nc(C(=O)O)cc(-c3ccncc3)n2n1. The number of fused-ring (bicyclic) bond motifs is 1. The summed E-state index contributed by atoms with van der Waals surface area (Å²) in [6, 6.07) is 5.02. The summed E-state index contributed by atoms with van der Waals surface area (Å²) in [5, 5.41) is 13.3. The summed E-state index contributed by atoms with van der Waals surface area (Å²) in [6.07, 6.45) is 3.26. The highest BCUT2D eigenvalue weighted by atomic mass is 16.4. The molecule has 0 aliphatic carbocycles. The first-order chi connectivity index (χ1) is 9.15. The molecule has 1 N–H and O–H groups in total. The van der Waals surface area contributed by atoms with Gasteiger partial charge in [-0.1, -0.05) is 0 Å². The molecule has 0 radical (unpaired) electrons. The van der Waals surface area contributed by atoms with Crippen LogP contribution in [0.1, 0.15) is 16.3 Å².